The van der Waals surface area contributed by atoms with E-state index in [1.165, 1.54) is 12.1 Å². The van der Waals surface area contributed by atoms with Gasteiger partial charge in [0.15, 0.2) is 0 Å². The maximum Gasteiger partial charge on any atom is 0.269 e. The highest BCUT2D eigenvalue weighted by molar-refractivity contribution is 5.98. The summed E-state index contributed by atoms with van der Waals surface area (Å²) in [7, 11) is 0. The second kappa shape index (κ2) is 10.2. The zero-order chi connectivity index (χ0) is 25.2. The molecule has 0 radical (unpaired) electrons. The first-order valence-corrected chi connectivity index (χ1v) is 12.3. The Morgan fingerprint density at radius 1 is 1.11 bits per heavy atom. The van der Waals surface area contributed by atoms with Crippen molar-refractivity contribution in [3.05, 3.63) is 75.3 Å². The normalized spacial score (nSPS) is 23.0. The van der Waals surface area contributed by atoms with Crippen molar-refractivity contribution in [1.29, 1.82) is 0 Å². The van der Waals surface area contributed by atoms with E-state index in [4.69, 9.17) is 0 Å². The molecule has 1 saturated heterocycles. The molecule has 2 N–H and O–H groups in total. The molecule has 4 rings (SSSR count). The summed E-state index contributed by atoms with van der Waals surface area (Å²) in [6, 6.07) is 12.8. The van der Waals surface area contributed by atoms with Gasteiger partial charge in [0.25, 0.3) is 5.69 Å². The number of aliphatic hydroxyl groups excluding tert-OH is 1. The summed E-state index contributed by atoms with van der Waals surface area (Å²) in [5, 5.41) is 23.9. The van der Waals surface area contributed by atoms with E-state index in [1.54, 1.807) is 12.1 Å². The van der Waals surface area contributed by atoms with E-state index in [2.05, 4.69) is 5.32 Å². The molecular formula is C27H33N3O5. The van der Waals surface area contributed by atoms with E-state index in [0.717, 1.165) is 43.2 Å². The zero-order valence-electron chi connectivity index (χ0n) is 20.3. The van der Waals surface area contributed by atoms with Crippen molar-refractivity contribution < 1.29 is 19.6 Å². The highest BCUT2D eigenvalue weighted by atomic mass is 16.6. The molecule has 1 aliphatic heterocycles. The number of non-ortho nitro benzene ring substituents is 1. The van der Waals surface area contributed by atoms with Crippen LogP contribution in [0.5, 0.6) is 0 Å². The third-order valence-electron chi connectivity index (χ3n) is 7.33. The first kappa shape index (κ1) is 24.9. The molecule has 0 bridgehead atoms. The molecule has 8 heteroatoms. The number of nitrogens with one attached hydrogen (secondary N) is 1. The van der Waals surface area contributed by atoms with E-state index in [0.29, 0.717) is 5.56 Å². The molecular weight excluding hydrogens is 446 g/mol. The van der Waals surface area contributed by atoms with Crippen LogP contribution in [-0.2, 0) is 21.6 Å². The summed E-state index contributed by atoms with van der Waals surface area (Å²) < 4.78 is 0. The van der Waals surface area contributed by atoms with Gasteiger partial charge in [0, 0.05) is 30.6 Å². The first-order valence-electron chi connectivity index (χ1n) is 12.3. The molecule has 8 nitrogen and oxygen atoms in total. The van der Waals surface area contributed by atoms with Crippen LogP contribution in [0.2, 0.25) is 0 Å². The third-order valence-corrected chi connectivity index (χ3v) is 7.33. The standard InChI is InChI=1S/C27H33N3O5/c1-18(2)28-26(33)27(21-12-14-23(15-13-21)30(34)35)16-24(32)29(22-6-4-3-5-7-22)25(27)20-10-8-19(17-31)9-11-20/h8-15,18,22,25,31H,3-7,16-17H2,1-2H3,(H,28,33)/t25-,27-/m1/s1. The first-order chi connectivity index (χ1) is 16.8. The van der Waals surface area contributed by atoms with Gasteiger partial charge in [-0.3, -0.25) is 19.7 Å². The van der Waals surface area contributed by atoms with E-state index in [9.17, 15) is 24.8 Å². The highest BCUT2D eigenvalue weighted by Gasteiger charge is 2.59. The Kier molecular flexibility index (Phi) is 7.21. The van der Waals surface area contributed by atoms with Gasteiger partial charge in [-0.1, -0.05) is 55.7 Å². The van der Waals surface area contributed by atoms with E-state index >= 15 is 0 Å². The molecule has 0 spiro atoms. The van der Waals surface area contributed by atoms with Crippen molar-refractivity contribution in [3.63, 3.8) is 0 Å². The van der Waals surface area contributed by atoms with Crippen LogP contribution >= 0.6 is 0 Å². The van der Waals surface area contributed by atoms with Crippen molar-refractivity contribution >= 4 is 17.5 Å². The summed E-state index contributed by atoms with van der Waals surface area (Å²) in [6.07, 6.45) is 4.97. The number of nitrogens with zero attached hydrogens (tertiary/aromatic N) is 2. The molecule has 2 aliphatic rings. The number of carbonyl (C=O) groups is 2. The molecule has 0 aromatic heterocycles. The molecule has 1 aliphatic carbocycles. The van der Waals surface area contributed by atoms with Crippen LogP contribution in [0.4, 0.5) is 5.69 Å². The van der Waals surface area contributed by atoms with Gasteiger partial charge in [-0.25, -0.2) is 0 Å². The van der Waals surface area contributed by atoms with Crippen molar-refractivity contribution in [2.75, 3.05) is 0 Å². The number of nitro groups is 1. The molecule has 186 valence electrons. The Hall–Kier alpha value is -3.26. The lowest BCUT2D eigenvalue weighted by Crippen LogP contribution is -2.51. The monoisotopic (exact) mass is 479 g/mol. The lowest BCUT2D eigenvalue weighted by Gasteiger charge is -2.42. The summed E-state index contributed by atoms with van der Waals surface area (Å²) in [4.78, 5) is 40.5. The molecule has 2 fully saturated rings. The Labute approximate surface area is 205 Å². The van der Waals surface area contributed by atoms with Crippen LogP contribution in [0, 0.1) is 10.1 Å². The Morgan fingerprint density at radius 2 is 1.74 bits per heavy atom. The Bertz CT molecular complexity index is 1080. The number of likely N-dealkylation sites (tertiary alicyclic amines) is 1. The van der Waals surface area contributed by atoms with Crippen molar-refractivity contribution in [3.8, 4) is 0 Å². The minimum atomic E-state index is -1.24. The van der Waals surface area contributed by atoms with Crippen LogP contribution in [-0.4, -0.2) is 38.8 Å². The summed E-state index contributed by atoms with van der Waals surface area (Å²) in [5.74, 6) is -0.338. The van der Waals surface area contributed by atoms with Gasteiger partial charge in [-0.2, -0.15) is 0 Å². The SMILES string of the molecule is CC(C)NC(=O)[C@@]1(c2ccc([N+](=O)[O-])cc2)CC(=O)N(C2CCCCC2)[C@@H]1c1ccc(CO)cc1. The molecule has 2 amide bonds. The quantitative estimate of drug-likeness (QED) is 0.457. The van der Waals surface area contributed by atoms with Gasteiger partial charge in [-0.15, -0.1) is 0 Å². The summed E-state index contributed by atoms with van der Waals surface area (Å²) >= 11 is 0. The smallest absolute Gasteiger partial charge is 0.269 e. The number of amides is 2. The number of nitro benzene ring substituents is 1. The highest BCUT2D eigenvalue weighted by Crippen LogP contribution is 2.52. The zero-order valence-corrected chi connectivity index (χ0v) is 20.3. The number of carbonyl (C=O) groups excluding carboxylic acids is 2. The largest absolute Gasteiger partial charge is 0.392 e. The predicted octanol–water partition coefficient (Wildman–Crippen LogP) is 4.16. The molecule has 2 atom stereocenters. The maximum atomic E-state index is 14.0. The van der Waals surface area contributed by atoms with Crippen molar-refractivity contribution in [2.24, 2.45) is 0 Å². The van der Waals surface area contributed by atoms with Gasteiger partial charge in [0.05, 0.1) is 17.6 Å². The fraction of sp³-hybridized carbons (Fsp3) is 0.481. The number of hydrogen-bond donors (Lipinski definition) is 2. The number of aliphatic hydroxyl groups is 1. The summed E-state index contributed by atoms with van der Waals surface area (Å²) in [5.41, 5.74) is 0.842. The number of rotatable bonds is 7. The molecule has 1 heterocycles. The molecule has 2 aromatic carbocycles. The Morgan fingerprint density at radius 3 is 2.29 bits per heavy atom. The number of hydrogen-bond acceptors (Lipinski definition) is 5. The second-order valence-electron chi connectivity index (χ2n) is 9.98. The lowest BCUT2D eigenvalue weighted by atomic mass is 9.70. The van der Waals surface area contributed by atoms with Crippen LogP contribution in [0.15, 0.2) is 48.5 Å². The Balaban J connectivity index is 1.91. The van der Waals surface area contributed by atoms with Crippen LogP contribution < -0.4 is 5.32 Å². The average molecular weight is 480 g/mol. The minimum Gasteiger partial charge on any atom is -0.392 e. The number of benzene rings is 2. The van der Waals surface area contributed by atoms with Crippen LogP contribution in [0.1, 0.15) is 75.1 Å². The van der Waals surface area contributed by atoms with Gasteiger partial charge >= 0.3 is 0 Å². The molecule has 2 aromatic rings. The van der Waals surface area contributed by atoms with Gasteiger partial charge in [0.1, 0.15) is 5.41 Å². The molecule has 1 saturated carbocycles. The van der Waals surface area contributed by atoms with E-state index in [-0.39, 0.29) is 42.6 Å². The van der Waals surface area contributed by atoms with E-state index in [1.807, 2.05) is 43.0 Å². The van der Waals surface area contributed by atoms with Gasteiger partial charge in [-0.05, 0) is 43.4 Å². The van der Waals surface area contributed by atoms with Crippen molar-refractivity contribution in [1.82, 2.24) is 10.2 Å². The molecule has 0 unspecified atom stereocenters. The second-order valence-corrected chi connectivity index (χ2v) is 9.98. The van der Waals surface area contributed by atoms with Crippen LogP contribution in [0.25, 0.3) is 0 Å². The average Bonchev–Trinajstić information content (AvgIpc) is 3.18. The lowest BCUT2D eigenvalue weighted by molar-refractivity contribution is -0.384. The van der Waals surface area contributed by atoms with Crippen LogP contribution in [0.3, 0.4) is 0 Å². The molecule has 35 heavy (non-hydrogen) atoms. The minimum absolute atomic E-state index is 0.00766. The van der Waals surface area contributed by atoms with Crippen molar-refractivity contribution in [2.45, 2.75) is 82.5 Å². The van der Waals surface area contributed by atoms with Gasteiger partial charge < -0.3 is 15.3 Å². The topological polar surface area (TPSA) is 113 Å². The van der Waals surface area contributed by atoms with E-state index < -0.39 is 16.4 Å². The van der Waals surface area contributed by atoms with Gasteiger partial charge in [0.2, 0.25) is 11.8 Å². The maximum absolute atomic E-state index is 14.0. The fourth-order valence-electron chi connectivity index (χ4n) is 5.70. The fourth-order valence-corrected chi connectivity index (χ4v) is 5.70. The third kappa shape index (κ3) is 4.67. The predicted molar refractivity (Wildman–Crippen MR) is 131 cm³/mol. The summed E-state index contributed by atoms with van der Waals surface area (Å²) in [6.45, 7) is 3.65.